The zero-order chi connectivity index (χ0) is 25.0. The molecule has 1 N–H and O–H groups in total. The molecule has 0 amide bonds. The van der Waals surface area contributed by atoms with E-state index in [0.717, 1.165) is 12.8 Å². The molecule has 8 nitrogen and oxygen atoms in total. The zero-order valence-electron chi connectivity index (χ0n) is 21.9. The highest BCUT2D eigenvalue weighted by Crippen LogP contribution is 2.43. The summed E-state index contributed by atoms with van der Waals surface area (Å²) in [6.45, 7) is 5.22. The molecule has 0 bridgehead atoms. The van der Waals surface area contributed by atoms with Gasteiger partial charge in [-0.2, -0.15) is 0 Å². The fraction of sp³-hybridized carbons (Fsp3) is 0.958. The third-order valence-electron chi connectivity index (χ3n) is 5.14. The molecule has 0 aromatic rings. The van der Waals surface area contributed by atoms with E-state index in [-0.39, 0.29) is 32.2 Å². The van der Waals surface area contributed by atoms with Gasteiger partial charge in [0.15, 0.2) is 0 Å². The molecule has 0 radical (unpaired) electrons. The first-order valence-electron chi connectivity index (χ1n) is 12.8. The first-order chi connectivity index (χ1) is 15.6. The summed E-state index contributed by atoms with van der Waals surface area (Å²) in [5.74, 6) is -0.368. The maximum Gasteiger partial charge on any atom is 0.472 e. The number of ether oxygens (including phenoxy) is 2. The first-order valence-corrected chi connectivity index (χ1v) is 14.3. The van der Waals surface area contributed by atoms with Gasteiger partial charge in [-0.3, -0.25) is 13.8 Å². The molecule has 0 aromatic heterocycles. The Morgan fingerprint density at radius 1 is 0.818 bits per heavy atom. The van der Waals surface area contributed by atoms with E-state index in [1.165, 1.54) is 51.4 Å². The molecule has 0 heterocycles. The number of hydrogen-bond acceptors (Lipinski definition) is 6. The highest BCUT2D eigenvalue weighted by atomic mass is 31.2. The molecule has 9 heteroatoms. The van der Waals surface area contributed by atoms with Crippen LogP contribution >= 0.6 is 7.82 Å². The van der Waals surface area contributed by atoms with Crippen LogP contribution in [0.15, 0.2) is 0 Å². The van der Waals surface area contributed by atoms with E-state index in [1.54, 1.807) is 0 Å². The Hall–Kier alpha value is -0.500. The minimum atomic E-state index is -4.22. The van der Waals surface area contributed by atoms with Crippen LogP contribution < -0.4 is 0 Å². The van der Waals surface area contributed by atoms with Crippen molar-refractivity contribution in [3.63, 3.8) is 0 Å². The maximum atomic E-state index is 12.1. The zero-order valence-corrected chi connectivity index (χ0v) is 22.8. The molecular formula is C24H51NO7P+. The van der Waals surface area contributed by atoms with Crippen molar-refractivity contribution in [2.45, 2.75) is 97.0 Å². The van der Waals surface area contributed by atoms with Crippen LogP contribution in [0.4, 0.5) is 0 Å². The topological polar surface area (TPSA) is 91.3 Å². The molecule has 0 spiro atoms. The summed E-state index contributed by atoms with van der Waals surface area (Å²) in [5.41, 5.74) is 0. The number of hydrogen-bond donors (Lipinski definition) is 1. The number of phosphoric acid groups is 1. The number of phosphoric ester groups is 1. The van der Waals surface area contributed by atoms with Crippen LogP contribution in [0.25, 0.3) is 0 Å². The molecule has 0 fully saturated rings. The van der Waals surface area contributed by atoms with Crippen molar-refractivity contribution in [1.82, 2.24) is 0 Å². The van der Waals surface area contributed by atoms with E-state index in [2.05, 4.69) is 6.92 Å². The molecule has 0 aromatic carbocycles. The summed E-state index contributed by atoms with van der Waals surface area (Å²) in [6.07, 6.45) is 12.7. The average Bonchev–Trinajstić information content (AvgIpc) is 2.71. The second-order valence-electron chi connectivity index (χ2n) is 9.73. The van der Waals surface area contributed by atoms with Crippen LogP contribution in [0.1, 0.15) is 90.9 Å². The predicted molar refractivity (Wildman–Crippen MR) is 132 cm³/mol. The van der Waals surface area contributed by atoms with E-state index >= 15 is 0 Å². The van der Waals surface area contributed by atoms with Gasteiger partial charge in [0, 0.05) is 13.0 Å². The Bertz CT molecular complexity index is 525. The lowest BCUT2D eigenvalue weighted by Gasteiger charge is -2.24. The Morgan fingerprint density at radius 2 is 1.39 bits per heavy atom. The van der Waals surface area contributed by atoms with Crippen LogP contribution in [0.5, 0.6) is 0 Å². The van der Waals surface area contributed by atoms with Gasteiger partial charge >= 0.3 is 13.8 Å². The van der Waals surface area contributed by atoms with E-state index in [9.17, 15) is 14.3 Å². The van der Waals surface area contributed by atoms with Crippen LogP contribution in [0.3, 0.4) is 0 Å². The van der Waals surface area contributed by atoms with Crippen LogP contribution in [0, 0.1) is 0 Å². The van der Waals surface area contributed by atoms with Gasteiger partial charge in [-0.25, -0.2) is 4.57 Å². The quantitative estimate of drug-likeness (QED) is 0.0867. The summed E-state index contributed by atoms with van der Waals surface area (Å²) in [7, 11) is 1.66. The lowest BCUT2D eigenvalue weighted by molar-refractivity contribution is -0.870. The van der Waals surface area contributed by atoms with Gasteiger partial charge in [0.25, 0.3) is 0 Å². The summed E-state index contributed by atoms with van der Waals surface area (Å²) in [5, 5.41) is 0. The Kier molecular flexibility index (Phi) is 19.5. The molecule has 0 saturated heterocycles. The Morgan fingerprint density at radius 3 is 1.94 bits per heavy atom. The third-order valence-corrected chi connectivity index (χ3v) is 6.12. The van der Waals surface area contributed by atoms with Gasteiger partial charge in [-0.1, -0.05) is 71.6 Å². The summed E-state index contributed by atoms with van der Waals surface area (Å²) < 4.78 is 33.8. The van der Waals surface area contributed by atoms with Crippen molar-refractivity contribution in [1.29, 1.82) is 0 Å². The number of nitrogens with zero attached hydrogens (tertiary/aromatic N) is 1. The number of likely N-dealkylation sites (N-methyl/N-ethyl adjacent to an activating group) is 1. The van der Waals surface area contributed by atoms with E-state index < -0.39 is 13.9 Å². The Labute approximate surface area is 202 Å². The number of carbonyl (C=O) groups excluding carboxylic acids is 1. The van der Waals surface area contributed by atoms with E-state index in [4.69, 9.17) is 18.5 Å². The molecule has 0 aliphatic rings. The molecule has 2 atom stereocenters. The van der Waals surface area contributed by atoms with Gasteiger partial charge in [-0.05, 0) is 12.8 Å². The summed E-state index contributed by atoms with van der Waals surface area (Å²) in [4.78, 5) is 21.8. The lowest BCUT2D eigenvalue weighted by atomic mass is 10.1. The van der Waals surface area contributed by atoms with E-state index in [1.807, 2.05) is 28.1 Å². The SMILES string of the molecule is CCCCCCCCCCCCOCC(COP(=O)(O)OCC[N+](C)(C)C)OC(=O)CCC. The van der Waals surface area contributed by atoms with Gasteiger partial charge in [0.05, 0.1) is 34.4 Å². The van der Waals surface area contributed by atoms with Gasteiger partial charge in [0.1, 0.15) is 19.3 Å². The monoisotopic (exact) mass is 496 g/mol. The smallest absolute Gasteiger partial charge is 0.457 e. The second-order valence-corrected chi connectivity index (χ2v) is 11.2. The standard InChI is InChI=1S/C24H50NO7P/c1-6-8-9-10-11-12-13-14-15-16-19-29-21-23(32-24(26)17-7-2)22-31-33(27,28)30-20-18-25(3,4)5/h23H,6-22H2,1-5H3/p+1. The largest absolute Gasteiger partial charge is 0.472 e. The number of carbonyl (C=O) groups is 1. The highest BCUT2D eigenvalue weighted by molar-refractivity contribution is 7.47. The van der Waals surface area contributed by atoms with Crippen molar-refractivity contribution in [2.75, 3.05) is 54.1 Å². The van der Waals surface area contributed by atoms with E-state index in [0.29, 0.717) is 24.1 Å². The van der Waals surface area contributed by atoms with Crippen LogP contribution in [-0.4, -0.2) is 75.6 Å². The molecule has 0 aliphatic carbocycles. The average molecular weight is 497 g/mol. The van der Waals surface area contributed by atoms with Crippen molar-refractivity contribution in [2.24, 2.45) is 0 Å². The lowest BCUT2D eigenvalue weighted by Crippen LogP contribution is -2.37. The number of esters is 1. The second kappa shape index (κ2) is 19.8. The minimum Gasteiger partial charge on any atom is -0.457 e. The molecular weight excluding hydrogens is 445 g/mol. The number of quaternary nitrogens is 1. The molecule has 0 saturated carbocycles. The molecule has 198 valence electrons. The van der Waals surface area contributed by atoms with Crippen molar-refractivity contribution < 1.29 is 37.3 Å². The normalized spacial score (nSPS) is 14.7. The highest BCUT2D eigenvalue weighted by Gasteiger charge is 2.26. The van der Waals surface area contributed by atoms with Crippen molar-refractivity contribution in [3.05, 3.63) is 0 Å². The minimum absolute atomic E-state index is 0.0901. The van der Waals surface area contributed by atoms with Gasteiger partial charge in [-0.15, -0.1) is 0 Å². The number of unbranched alkanes of at least 4 members (excludes halogenated alkanes) is 9. The third kappa shape index (κ3) is 23.0. The molecule has 2 unspecified atom stereocenters. The van der Waals surface area contributed by atoms with Crippen LogP contribution in [0.2, 0.25) is 0 Å². The van der Waals surface area contributed by atoms with Crippen molar-refractivity contribution in [3.8, 4) is 0 Å². The number of rotatable bonds is 23. The van der Waals surface area contributed by atoms with Gasteiger partial charge in [0.2, 0.25) is 0 Å². The Balaban J connectivity index is 4.13. The molecule has 0 rings (SSSR count). The van der Waals surface area contributed by atoms with Gasteiger partial charge < -0.3 is 18.9 Å². The first kappa shape index (κ1) is 32.5. The summed E-state index contributed by atoms with van der Waals surface area (Å²) >= 11 is 0. The molecule has 0 aliphatic heterocycles. The van der Waals surface area contributed by atoms with Crippen molar-refractivity contribution >= 4 is 13.8 Å². The predicted octanol–water partition coefficient (Wildman–Crippen LogP) is 5.48. The van der Waals surface area contributed by atoms with Crippen LogP contribution in [-0.2, 0) is 27.9 Å². The maximum absolute atomic E-state index is 12.1. The summed E-state index contributed by atoms with van der Waals surface area (Å²) in [6, 6.07) is 0. The molecule has 33 heavy (non-hydrogen) atoms. The fourth-order valence-corrected chi connectivity index (χ4v) is 3.86. The fourth-order valence-electron chi connectivity index (χ4n) is 3.12.